The fourth-order valence-corrected chi connectivity index (χ4v) is 9.38. The van der Waals surface area contributed by atoms with Gasteiger partial charge in [0.2, 0.25) is 0 Å². The number of Topliss-reactive ketones (excluding diaryl/α,β-unsaturated/α-hetero) is 1. The van der Waals surface area contributed by atoms with E-state index in [9.17, 15) is 18.0 Å². The number of hydrogen-bond acceptors (Lipinski definition) is 5. The van der Waals surface area contributed by atoms with Gasteiger partial charge < -0.3 is 9.47 Å². The van der Waals surface area contributed by atoms with Crippen LogP contribution in [0.25, 0.3) is 11.0 Å². The first kappa shape index (κ1) is 28.4. The Morgan fingerprint density at radius 2 is 1.92 bits per heavy atom. The Kier molecular flexibility index (Phi) is 7.77. The summed E-state index contributed by atoms with van der Waals surface area (Å²) < 4.78 is 53.8. The fraction of sp³-hybridized carbons (Fsp3) is 0.767. The van der Waals surface area contributed by atoms with E-state index in [0.29, 0.717) is 36.1 Å². The lowest BCUT2D eigenvalue weighted by atomic mass is 9.45. The lowest BCUT2D eigenvalue weighted by Crippen LogP contribution is -2.55. The van der Waals surface area contributed by atoms with Gasteiger partial charge >= 0.3 is 6.18 Å². The number of ketones is 1. The molecule has 0 N–H and O–H groups in total. The Balaban J connectivity index is 1.38. The molecule has 0 spiro atoms. The molecule has 0 saturated heterocycles. The van der Waals surface area contributed by atoms with Crippen LogP contribution in [-0.4, -0.2) is 47.8 Å². The summed E-state index contributed by atoms with van der Waals surface area (Å²) in [7, 11) is 3.23. The first-order valence-electron chi connectivity index (χ1n) is 14.5. The van der Waals surface area contributed by atoms with Crippen molar-refractivity contribution in [3.05, 3.63) is 18.2 Å². The Morgan fingerprint density at radius 3 is 2.62 bits per heavy atom. The molecule has 1 aromatic carbocycles. The van der Waals surface area contributed by atoms with Gasteiger partial charge in [0.25, 0.3) is 0 Å². The summed E-state index contributed by atoms with van der Waals surface area (Å²) in [5.41, 5.74) is 0.907. The number of rotatable bonds is 9. The number of carbonyl (C=O) groups excluding carboxylic acids is 1. The summed E-state index contributed by atoms with van der Waals surface area (Å²) in [6, 6.07) is 5.54. The van der Waals surface area contributed by atoms with Gasteiger partial charge in [-0.3, -0.25) is 4.79 Å². The summed E-state index contributed by atoms with van der Waals surface area (Å²) in [4.78, 5) is 13.8. The van der Waals surface area contributed by atoms with Gasteiger partial charge in [-0.2, -0.15) is 13.2 Å². The van der Waals surface area contributed by atoms with E-state index in [1.165, 1.54) is 0 Å². The normalized spacial score (nSPS) is 34.6. The average Bonchev–Trinajstić information content (AvgIpc) is 3.45. The third-order valence-corrected chi connectivity index (χ3v) is 10.9. The van der Waals surface area contributed by atoms with Crippen LogP contribution in [0.4, 0.5) is 13.2 Å². The minimum Gasteiger partial charge on any atom is -0.497 e. The number of hydrogen-bond donors (Lipinski definition) is 0. The molecule has 3 aliphatic rings. The number of benzene rings is 1. The van der Waals surface area contributed by atoms with Gasteiger partial charge in [0.15, 0.2) is 5.78 Å². The van der Waals surface area contributed by atoms with Crippen molar-refractivity contribution in [2.45, 2.75) is 84.4 Å². The van der Waals surface area contributed by atoms with E-state index in [1.54, 1.807) is 18.9 Å². The maximum absolute atomic E-state index is 13.8. The van der Waals surface area contributed by atoms with E-state index in [4.69, 9.17) is 9.47 Å². The van der Waals surface area contributed by atoms with Gasteiger partial charge in [-0.15, -0.1) is 5.10 Å². The summed E-state index contributed by atoms with van der Waals surface area (Å²) in [6.07, 6.45) is 1.66. The number of nitrogens with zero attached hydrogens (tertiary/aromatic N) is 3. The molecule has 5 rings (SSSR count). The molecule has 3 fully saturated rings. The zero-order chi connectivity index (χ0) is 28.0. The molecule has 1 aromatic heterocycles. The minimum atomic E-state index is -4.17. The van der Waals surface area contributed by atoms with Crippen molar-refractivity contribution in [3.8, 4) is 5.75 Å². The van der Waals surface area contributed by atoms with Crippen molar-refractivity contribution in [1.29, 1.82) is 0 Å². The molecule has 0 aliphatic heterocycles. The standard InChI is InChI=1S/C30H42F3N3O3/c1-5-13-29(18-38-3)19(16-30(31,32)33)6-8-21-22-9-10-24(28(22,2)14-12-23(21)29)27(37)17-36-26-11-7-20(39-4)15-25(26)34-35-36/h7,11,15,19,21-24H,5-6,8-10,12-14,16-18H2,1-4H3/t19?,21?,22?,23?,24-,28?,29-/m1/s1. The molecule has 3 saturated carbocycles. The summed E-state index contributed by atoms with van der Waals surface area (Å²) in [5, 5.41) is 8.49. The second-order valence-corrected chi connectivity index (χ2v) is 12.6. The zero-order valence-electron chi connectivity index (χ0n) is 23.6. The zero-order valence-corrected chi connectivity index (χ0v) is 23.6. The molecule has 6 nitrogen and oxygen atoms in total. The second kappa shape index (κ2) is 10.7. The molecule has 3 aliphatic carbocycles. The van der Waals surface area contributed by atoms with Crippen LogP contribution in [-0.2, 0) is 16.1 Å². The number of halogens is 3. The smallest absolute Gasteiger partial charge is 0.389 e. The van der Waals surface area contributed by atoms with Gasteiger partial charge in [0.05, 0.1) is 19.2 Å². The van der Waals surface area contributed by atoms with E-state index < -0.39 is 23.9 Å². The van der Waals surface area contributed by atoms with Crippen LogP contribution in [0, 0.1) is 40.4 Å². The SMILES string of the molecule is CCC[C@@]1(COC)C(CC(F)(F)F)CCC2C3CC[C@H](C(=O)Cn4nnc5cc(OC)ccc54)C3(C)CCC21. The highest BCUT2D eigenvalue weighted by atomic mass is 19.4. The molecule has 5 unspecified atom stereocenters. The molecule has 9 heteroatoms. The molecule has 2 aromatic rings. The summed E-state index contributed by atoms with van der Waals surface area (Å²) in [5.74, 6) is 1.30. The van der Waals surface area contributed by atoms with Crippen LogP contribution >= 0.6 is 0 Å². The highest BCUT2D eigenvalue weighted by Crippen LogP contribution is 2.67. The number of ether oxygens (including phenoxy) is 2. The van der Waals surface area contributed by atoms with E-state index in [1.807, 2.05) is 18.2 Å². The van der Waals surface area contributed by atoms with Crippen LogP contribution in [0.15, 0.2) is 18.2 Å². The third-order valence-electron chi connectivity index (χ3n) is 10.9. The maximum Gasteiger partial charge on any atom is 0.389 e. The third kappa shape index (κ3) is 4.97. The van der Waals surface area contributed by atoms with E-state index in [2.05, 4.69) is 24.2 Å². The second-order valence-electron chi connectivity index (χ2n) is 12.6. The van der Waals surface area contributed by atoms with E-state index >= 15 is 0 Å². The van der Waals surface area contributed by atoms with Crippen molar-refractivity contribution in [1.82, 2.24) is 15.0 Å². The van der Waals surface area contributed by atoms with Gasteiger partial charge in [-0.05, 0) is 91.6 Å². The molecule has 216 valence electrons. The van der Waals surface area contributed by atoms with Crippen molar-refractivity contribution >= 4 is 16.8 Å². The Labute approximate surface area is 229 Å². The molecule has 0 radical (unpaired) electrons. The van der Waals surface area contributed by atoms with E-state index in [-0.39, 0.29) is 29.6 Å². The van der Waals surface area contributed by atoms with Crippen molar-refractivity contribution < 1.29 is 27.4 Å². The Bertz CT molecular complexity index is 1180. The maximum atomic E-state index is 13.8. The molecule has 0 amide bonds. The minimum absolute atomic E-state index is 0.0724. The number of carbonyl (C=O) groups is 1. The Hall–Kier alpha value is -2.16. The van der Waals surface area contributed by atoms with Crippen molar-refractivity contribution in [2.75, 3.05) is 20.8 Å². The van der Waals surface area contributed by atoms with Crippen molar-refractivity contribution in [2.24, 2.45) is 40.4 Å². The monoisotopic (exact) mass is 549 g/mol. The van der Waals surface area contributed by atoms with Gasteiger partial charge in [0.1, 0.15) is 17.8 Å². The van der Waals surface area contributed by atoms with Crippen molar-refractivity contribution in [3.63, 3.8) is 0 Å². The first-order chi connectivity index (χ1) is 18.6. The number of methoxy groups -OCH3 is 2. The van der Waals surface area contributed by atoms with Gasteiger partial charge in [-0.1, -0.05) is 25.5 Å². The lowest BCUT2D eigenvalue weighted by molar-refractivity contribution is -0.191. The van der Waals surface area contributed by atoms with Gasteiger partial charge in [-0.25, -0.2) is 4.68 Å². The van der Waals surface area contributed by atoms with Crippen LogP contribution in [0.1, 0.15) is 71.6 Å². The molecular formula is C30H42F3N3O3. The molecule has 1 heterocycles. The number of fused-ring (bicyclic) bond motifs is 4. The predicted octanol–water partition coefficient (Wildman–Crippen LogP) is 6.86. The highest BCUT2D eigenvalue weighted by Gasteiger charge is 2.62. The van der Waals surface area contributed by atoms with Crippen LogP contribution in [0.3, 0.4) is 0 Å². The van der Waals surface area contributed by atoms with Gasteiger partial charge in [0, 0.05) is 25.5 Å². The first-order valence-corrected chi connectivity index (χ1v) is 14.5. The quantitative estimate of drug-likeness (QED) is 0.342. The van der Waals surface area contributed by atoms with Crippen LogP contribution in [0.5, 0.6) is 5.75 Å². The van der Waals surface area contributed by atoms with E-state index in [0.717, 1.165) is 50.5 Å². The molecule has 0 bridgehead atoms. The molecule has 39 heavy (non-hydrogen) atoms. The number of alkyl halides is 3. The summed E-state index contributed by atoms with van der Waals surface area (Å²) in [6.45, 7) is 4.92. The fourth-order valence-electron chi connectivity index (χ4n) is 9.38. The van der Waals surface area contributed by atoms with Crippen LogP contribution < -0.4 is 4.74 Å². The topological polar surface area (TPSA) is 66.2 Å². The highest BCUT2D eigenvalue weighted by molar-refractivity contribution is 5.84. The van der Waals surface area contributed by atoms with Crippen LogP contribution in [0.2, 0.25) is 0 Å². The molecule has 7 atom stereocenters. The Morgan fingerprint density at radius 1 is 1.13 bits per heavy atom. The average molecular weight is 550 g/mol. The lowest BCUT2D eigenvalue weighted by Gasteiger charge is -2.60. The predicted molar refractivity (Wildman–Crippen MR) is 142 cm³/mol. The number of aromatic nitrogens is 3. The largest absolute Gasteiger partial charge is 0.497 e. The molecular weight excluding hydrogens is 507 g/mol. The summed E-state index contributed by atoms with van der Waals surface area (Å²) >= 11 is 0.